The highest BCUT2D eigenvalue weighted by atomic mass is 32.2. The Kier molecular flexibility index (Phi) is 3.79. The molecule has 0 amide bonds. The molecule has 1 aliphatic rings. The summed E-state index contributed by atoms with van der Waals surface area (Å²) in [7, 11) is 0. The van der Waals surface area contributed by atoms with Gasteiger partial charge in [-0.2, -0.15) is 0 Å². The van der Waals surface area contributed by atoms with Crippen LogP contribution < -0.4 is 0 Å². The van der Waals surface area contributed by atoms with Crippen LogP contribution in [0.1, 0.15) is 33.5 Å². The van der Waals surface area contributed by atoms with Crippen molar-refractivity contribution in [3.8, 4) is 0 Å². The highest BCUT2D eigenvalue weighted by Crippen LogP contribution is 2.41. The van der Waals surface area contributed by atoms with E-state index in [-0.39, 0.29) is 0 Å². The largest absolute Gasteiger partial charge is 0.415 e. The van der Waals surface area contributed by atoms with Gasteiger partial charge in [0, 0.05) is 15.6 Å². The molecule has 4 aromatic rings. The van der Waals surface area contributed by atoms with Gasteiger partial charge < -0.3 is 4.42 Å². The Balaban J connectivity index is 1.43. The molecule has 0 saturated carbocycles. The number of nitrogens with zero attached hydrogens (tertiary/aromatic N) is 5. The summed E-state index contributed by atoms with van der Waals surface area (Å²) in [5.41, 5.74) is 2.36. The van der Waals surface area contributed by atoms with Crippen molar-refractivity contribution in [2.75, 3.05) is 0 Å². The highest BCUT2D eigenvalue weighted by molar-refractivity contribution is 7.99. The molecular weight excluding hydrogens is 374 g/mol. The molecule has 1 aliphatic carbocycles. The van der Waals surface area contributed by atoms with Crippen molar-refractivity contribution in [3.05, 3.63) is 38.7 Å². The Morgan fingerprint density at radius 2 is 2.20 bits per heavy atom. The van der Waals surface area contributed by atoms with E-state index in [4.69, 9.17) is 4.42 Å². The van der Waals surface area contributed by atoms with Crippen molar-refractivity contribution in [1.29, 1.82) is 0 Å². The van der Waals surface area contributed by atoms with Crippen molar-refractivity contribution in [1.82, 2.24) is 25.1 Å². The van der Waals surface area contributed by atoms with Gasteiger partial charge in [0.05, 0.1) is 17.1 Å². The Hall–Kier alpha value is -1.84. The maximum absolute atomic E-state index is 5.79. The molecule has 0 atom stereocenters. The number of aryl methyl sites for hydroxylation is 3. The Labute approximate surface area is 155 Å². The third kappa shape index (κ3) is 2.86. The first kappa shape index (κ1) is 15.4. The lowest BCUT2D eigenvalue weighted by molar-refractivity contribution is 0.419. The topological polar surface area (TPSA) is 77.6 Å². The van der Waals surface area contributed by atoms with Crippen LogP contribution in [-0.2, 0) is 19.3 Å². The Bertz CT molecular complexity index is 1070. The SMILES string of the molecule is Cc1nc(Cc2nnc(Sc3ncnc4sc5c(c34)CCC5)o2)cs1. The molecule has 0 aliphatic heterocycles. The predicted octanol–water partition coefficient (Wildman–Crippen LogP) is 4.07. The van der Waals surface area contributed by atoms with E-state index in [0.29, 0.717) is 17.5 Å². The summed E-state index contributed by atoms with van der Waals surface area (Å²) in [6.07, 6.45) is 5.65. The Morgan fingerprint density at radius 1 is 1.24 bits per heavy atom. The second kappa shape index (κ2) is 6.15. The first-order chi connectivity index (χ1) is 12.3. The van der Waals surface area contributed by atoms with Crippen LogP contribution in [0.4, 0.5) is 0 Å². The molecule has 0 radical (unpaired) electrons. The minimum Gasteiger partial charge on any atom is -0.415 e. The molecule has 0 saturated heterocycles. The molecule has 0 aromatic carbocycles. The summed E-state index contributed by atoms with van der Waals surface area (Å²) in [5, 5.41) is 14.0. The summed E-state index contributed by atoms with van der Waals surface area (Å²) in [6.45, 7) is 1.99. The lowest BCUT2D eigenvalue weighted by Crippen LogP contribution is -1.88. The van der Waals surface area contributed by atoms with Crippen molar-refractivity contribution in [2.45, 2.75) is 42.9 Å². The van der Waals surface area contributed by atoms with Crippen LogP contribution >= 0.6 is 34.4 Å². The summed E-state index contributed by atoms with van der Waals surface area (Å²) in [4.78, 5) is 15.8. The fraction of sp³-hybridized carbons (Fsp3) is 0.312. The molecule has 0 unspecified atom stereocenters. The van der Waals surface area contributed by atoms with E-state index in [2.05, 4.69) is 25.1 Å². The van der Waals surface area contributed by atoms with Crippen molar-refractivity contribution < 1.29 is 4.42 Å². The summed E-state index contributed by atoms with van der Waals surface area (Å²) >= 11 is 4.83. The van der Waals surface area contributed by atoms with E-state index < -0.39 is 0 Å². The van der Waals surface area contributed by atoms with Gasteiger partial charge in [0.25, 0.3) is 5.22 Å². The predicted molar refractivity (Wildman–Crippen MR) is 97.5 cm³/mol. The zero-order valence-electron chi connectivity index (χ0n) is 13.4. The number of rotatable bonds is 4. The molecule has 0 spiro atoms. The van der Waals surface area contributed by atoms with E-state index in [0.717, 1.165) is 33.4 Å². The fourth-order valence-corrected chi connectivity index (χ4v) is 5.77. The minimum atomic E-state index is 0.514. The molecule has 4 heterocycles. The van der Waals surface area contributed by atoms with E-state index in [1.54, 1.807) is 29.0 Å². The van der Waals surface area contributed by atoms with Crippen LogP contribution in [-0.4, -0.2) is 25.1 Å². The maximum Gasteiger partial charge on any atom is 0.282 e. The zero-order chi connectivity index (χ0) is 16.8. The van der Waals surface area contributed by atoms with E-state index >= 15 is 0 Å². The molecule has 5 rings (SSSR count). The van der Waals surface area contributed by atoms with Crippen LogP contribution in [0.5, 0.6) is 0 Å². The number of thiazole rings is 1. The van der Waals surface area contributed by atoms with Crippen molar-refractivity contribution in [2.24, 2.45) is 0 Å². The van der Waals surface area contributed by atoms with Gasteiger partial charge in [-0.15, -0.1) is 32.9 Å². The number of aromatic nitrogens is 5. The van der Waals surface area contributed by atoms with Crippen molar-refractivity contribution in [3.63, 3.8) is 0 Å². The Morgan fingerprint density at radius 3 is 3.08 bits per heavy atom. The van der Waals surface area contributed by atoms with Gasteiger partial charge in [-0.25, -0.2) is 15.0 Å². The maximum atomic E-state index is 5.79. The molecular formula is C16H13N5OS3. The van der Waals surface area contributed by atoms with Gasteiger partial charge in [-0.1, -0.05) is 0 Å². The second-order valence-corrected chi connectivity index (χ2v) is 8.90. The van der Waals surface area contributed by atoms with Gasteiger partial charge in [0.15, 0.2) is 0 Å². The average Bonchev–Trinajstić information content (AvgIpc) is 3.33. The smallest absolute Gasteiger partial charge is 0.282 e. The number of hydrogen-bond acceptors (Lipinski definition) is 9. The molecule has 0 fully saturated rings. The molecule has 25 heavy (non-hydrogen) atoms. The van der Waals surface area contributed by atoms with Crippen LogP contribution in [0.15, 0.2) is 26.4 Å². The lowest BCUT2D eigenvalue weighted by Gasteiger charge is -2.00. The monoisotopic (exact) mass is 387 g/mol. The molecule has 0 N–H and O–H groups in total. The van der Waals surface area contributed by atoms with Gasteiger partial charge in [-0.3, -0.25) is 0 Å². The first-order valence-corrected chi connectivity index (χ1v) is 10.4. The van der Waals surface area contributed by atoms with E-state index in [1.165, 1.54) is 34.0 Å². The van der Waals surface area contributed by atoms with Gasteiger partial charge in [0.1, 0.15) is 16.2 Å². The van der Waals surface area contributed by atoms with Gasteiger partial charge in [0.2, 0.25) is 5.89 Å². The molecule has 9 heteroatoms. The van der Waals surface area contributed by atoms with Crippen LogP contribution in [0, 0.1) is 6.92 Å². The first-order valence-electron chi connectivity index (χ1n) is 7.93. The zero-order valence-corrected chi connectivity index (χ0v) is 15.8. The average molecular weight is 388 g/mol. The standard InChI is InChI=1S/C16H13N5OS3/c1-8-19-9(6-23-8)5-12-20-21-16(22-12)25-15-13-10-3-2-4-11(10)24-14(13)17-7-18-15/h6-7H,2-5H2,1H3. The van der Waals surface area contributed by atoms with Crippen LogP contribution in [0.25, 0.3) is 10.2 Å². The third-order valence-corrected chi connectivity index (χ3v) is 6.96. The van der Waals surface area contributed by atoms with Gasteiger partial charge in [-0.05, 0) is 43.5 Å². The quantitative estimate of drug-likeness (QED) is 0.488. The van der Waals surface area contributed by atoms with Crippen molar-refractivity contribution >= 4 is 44.7 Å². The lowest BCUT2D eigenvalue weighted by atomic mass is 10.2. The van der Waals surface area contributed by atoms with E-state index in [1.807, 2.05) is 12.3 Å². The number of thiophene rings is 1. The molecule has 4 aromatic heterocycles. The number of hydrogen-bond donors (Lipinski definition) is 0. The normalized spacial score (nSPS) is 13.6. The van der Waals surface area contributed by atoms with Crippen LogP contribution in [0.3, 0.4) is 0 Å². The number of fused-ring (bicyclic) bond motifs is 3. The van der Waals surface area contributed by atoms with Crippen LogP contribution in [0.2, 0.25) is 0 Å². The molecule has 0 bridgehead atoms. The van der Waals surface area contributed by atoms with Gasteiger partial charge >= 0.3 is 0 Å². The fourth-order valence-electron chi connectivity index (χ4n) is 3.05. The summed E-state index contributed by atoms with van der Waals surface area (Å²) < 4.78 is 5.79. The second-order valence-electron chi connectivity index (χ2n) is 5.81. The summed E-state index contributed by atoms with van der Waals surface area (Å²) in [6, 6.07) is 0. The minimum absolute atomic E-state index is 0.514. The van der Waals surface area contributed by atoms with E-state index in [9.17, 15) is 0 Å². The molecule has 6 nitrogen and oxygen atoms in total. The molecule has 126 valence electrons. The highest BCUT2D eigenvalue weighted by Gasteiger charge is 2.22. The third-order valence-electron chi connectivity index (χ3n) is 4.10. The summed E-state index contributed by atoms with van der Waals surface area (Å²) in [5.74, 6) is 0.577.